The quantitative estimate of drug-likeness (QED) is 0.857. The fourth-order valence-electron chi connectivity index (χ4n) is 2.63. The van der Waals surface area contributed by atoms with Crippen LogP contribution in [0.3, 0.4) is 0 Å². The van der Waals surface area contributed by atoms with Gasteiger partial charge in [-0.25, -0.2) is 4.79 Å². The van der Waals surface area contributed by atoms with E-state index in [1.165, 1.54) is 6.07 Å². The van der Waals surface area contributed by atoms with E-state index in [-0.39, 0.29) is 17.4 Å². The minimum atomic E-state index is -1.04. The zero-order chi connectivity index (χ0) is 13.9. The fraction of sp³-hybridized carbons (Fsp3) is 0.643. The van der Waals surface area contributed by atoms with Crippen LogP contribution in [0.25, 0.3) is 0 Å². The van der Waals surface area contributed by atoms with Gasteiger partial charge < -0.3 is 19.6 Å². The lowest BCUT2D eigenvalue weighted by atomic mass is 9.86. The van der Waals surface area contributed by atoms with Gasteiger partial charge in [0.05, 0.1) is 5.60 Å². The third-order valence-electron chi connectivity index (χ3n) is 3.94. The van der Waals surface area contributed by atoms with Crippen LogP contribution in [0.2, 0.25) is 0 Å². The second-order valence-corrected chi connectivity index (χ2v) is 5.04. The Balaban J connectivity index is 2.00. The molecule has 2 N–H and O–H groups in total. The second kappa shape index (κ2) is 5.65. The van der Waals surface area contributed by atoms with Gasteiger partial charge in [-0.2, -0.15) is 0 Å². The number of hydrogen-bond donors (Lipinski definition) is 2. The molecule has 0 bridgehead atoms. The van der Waals surface area contributed by atoms with E-state index in [0.717, 1.165) is 32.3 Å². The lowest BCUT2D eigenvalue weighted by Gasteiger charge is -2.40. The molecule has 1 aliphatic heterocycles. The molecule has 2 rings (SSSR count). The number of aromatic carboxylic acids is 1. The number of furan rings is 1. The molecule has 5 nitrogen and oxygen atoms in total. The summed E-state index contributed by atoms with van der Waals surface area (Å²) in [4.78, 5) is 10.8. The first-order valence-corrected chi connectivity index (χ1v) is 6.82. The third kappa shape index (κ3) is 3.10. The Hall–Kier alpha value is -1.49. The number of anilines is 1. The zero-order valence-corrected chi connectivity index (χ0v) is 11.4. The van der Waals surface area contributed by atoms with Crippen LogP contribution in [0, 0.1) is 0 Å². The van der Waals surface area contributed by atoms with Crippen molar-refractivity contribution in [3.63, 3.8) is 0 Å². The standard InChI is InChI=1S/C14H21NO4/c1-3-14(4-2)9-10(7-8-18-14)15-12-6-5-11(19-12)13(16)17/h5-6,10,15H,3-4,7-9H2,1-2H3,(H,16,17). The van der Waals surface area contributed by atoms with Crippen molar-refractivity contribution in [1.29, 1.82) is 0 Å². The van der Waals surface area contributed by atoms with Crippen molar-refractivity contribution in [2.45, 2.75) is 51.2 Å². The van der Waals surface area contributed by atoms with Gasteiger partial charge in [0.25, 0.3) is 0 Å². The molecular weight excluding hydrogens is 246 g/mol. The number of carbonyl (C=O) groups is 1. The summed E-state index contributed by atoms with van der Waals surface area (Å²) < 4.78 is 11.1. The van der Waals surface area contributed by atoms with Gasteiger partial charge >= 0.3 is 5.97 Å². The minimum Gasteiger partial charge on any atom is -0.475 e. The van der Waals surface area contributed by atoms with Crippen molar-refractivity contribution < 1.29 is 19.1 Å². The van der Waals surface area contributed by atoms with Crippen molar-refractivity contribution in [2.75, 3.05) is 11.9 Å². The second-order valence-electron chi connectivity index (χ2n) is 5.04. The normalized spacial score (nSPS) is 22.1. The lowest BCUT2D eigenvalue weighted by molar-refractivity contribution is -0.0866. The van der Waals surface area contributed by atoms with Crippen LogP contribution >= 0.6 is 0 Å². The molecule has 1 fully saturated rings. The van der Waals surface area contributed by atoms with Gasteiger partial charge in [0.2, 0.25) is 5.76 Å². The molecule has 0 radical (unpaired) electrons. The SMILES string of the molecule is CCC1(CC)CC(Nc2ccc(C(=O)O)o2)CCO1. The van der Waals surface area contributed by atoms with E-state index in [0.29, 0.717) is 5.88 Å². The molecule has 1 atom stereocenters. The predicted octanol–water partition coefficient (Wildman–Crippen LogP) is 3.13. The summed E-state index contributed by atoms with van der Waals surface area (Å²) in [5.74, 6) is -0.561. The van der Waals surface area contributed by atoms with Crippen molar-refractivity contribution in [1.82, 2.24) is 0 Å². The van der Waals surface area contributed by atoms with E-state index >= 15 is 0 Å². The molecule has 1 aliphatic rings. The smallest absolute Gasteiger partial charge is 0.371 e. The molecule has 1 saturated heterocycles. The van der Waals surface area contributed by atoms with Gasteiger partial charge in [-0.05, 0) is 31.7 Å². The van der Waals surface area contributed by atoms with Crippen LogP contribution < -0.4 is 5.32 Å². The molecule has 1 aromatic rings. The summed E-state index contributed by atoms with van der Waals surface area (Å²) in [5.41, 5.74) is -0.0574. The molecule has 1 unspecified atom stereocenters. The first-order valence-electron chi connectivity index (χ1n) is 6.82. The van der Waals surface area contributed by atoms with Crippen molar-refractivity contribution >= 4 is 11.9 Å². The molecule has 0 saturated carbocycles. The number of ether oxygens (including phenoxy) is 1. The number of hydrogen-bond acceptors (Lipinski definition) is 4. The average Bonchev–Trinajstić information content (AvgIpc) is 2.87. The summed E-state index contributed by atoms with van der Waals surface area (Å²) in [6.07, 6.45) is 3.80. The summed E-state index contributed by atoms with van der Waals surface area (Å²) >= 11 is 0. The van der Waals surface area contributed by atoms with E-state index in [9.17, 15) is 4.79 Å². The maximum Gasteiger partial charge on any atom is 0.371 e. The van der Waals surface area contributed by atoms with Crippen LogP contribution in [0.5, 0.6) is 0 Å². The average molecular weight is 267 g/mol. The molecule has 0 aliphatic carbocycles. The lowest BCUT2D eigenvalue weighted by Crippen LogP contribution is -2.43. The molecule has 1 aromatic heterocycles. The minimum absolute atomic E-state index is 0.0354. The molecule has 106 valence electrons. The first kappa shape index (κ1) is 13.9. The Kier molecular flexibility index (Phi) is 4.14. The van der Waals surface area contributed by atoms with E-state index in [1.54, 1.807) is 6.07 Å². The fourth-order valence-corrected chi connectivity index (χ4v) is 2.63. The Bertz CT molecular complexity index is 436. The molecule has 2 heterocycles. The van der Waals surface area contributed by atoms with Crippen LogP contribution in [0.15, 0.2) is 16.5 Å². The van der Waals surface area contributed by atoms with E-state index in [4.69, 9.17) is 14.3 Å². The van der Waals surface area contributed by atoms with E-state index < -0.39 is 5.97 Å². The van der Waals surface area contributed by atoms with Crippen LogP contribution in [-0.2, 0) is 4.74 Å². The molecule has 5 heteroatoms. The number of carboxylic acid groups (broad SMARTS) is 1. The Labute approximate surface area is 112 Å². The molecule has 0 amide bonds. The van der Waals surface area contributed by atoms with E-state index in [1.807, 2.05) is 0 Å². The topological polar surface area (TPSA) is 71.7 Å². The monoisotopic (exact) mass is 267 g/mol. The van der Waals surface area contributed by atoms with E-state index in [2.05, 4.69) is 19.2 Å². The third-order valence-corrected chi connectivity index (χ3v) is 3.94. The Morgan fingerprint density at radius 3 is 2.79 bits per heavy atom. The van der Waals surface area contributed by atoms with Crippen LogP contribution in [0.4, 0.5) is 5.88 Å². The van der Waals surface area contributed by atoms with Gasteiger partial charge in [0, 0.05) is 18.7 Å². The molecule has 19 heavy (non-hydrogen) atoms. The van der Waals surface area contributed by atoms with Gasteiger partial charge in [0.15, 0.2) is 5.88 Å². The Morgan fingerprint density at radius 1 is 1.47 bits per heavy atom. The maximum atomic E-state index is 10.8. The highest BCUT2D eigenvalue weighted by molar-refractivity contribution is 5.84. The highest BCUT2D eigenvalue weighted by Gasteiger charge is 2.34. The summed E-state index contributed by atoms with van der Waals surface area (Å²) in [5, 5.41) is 12.1. The summed E-state index contributed by atoms with van der Waals surface area (Å²) in [6, 6.07) is 3.40. The first-order chi connectivity index (χ1) is 9.08. The van der Waals surface area contributed by atoms with Gasteiger partial charge in [-0.1, -0.05) is 13.8 Å². The zero-order valence-electron chi connectivity index (χ0n) is 11.4. The van der Waals surface area contributed by atoms with Crippen molar-refractivity contribution in [2.24, 2.45) is 0 Å². The molecule has 0 aromatic carbocycles. The van der Waals surface area contributed by atoms with Crippen molar-refractivity contribution in [3.8, 4) is 0 Å². The number of rotatable bonds is 5. The molecular formula is C14H21NO4. The van der Waals surface area contributed by atoms with Gasteiger partial charge in [-0.3, -0.25) is 0 Å². The highest BCUT2D eigenvalue weighted by Crippen LogP contribution is 2.32. The largest absolute Gasteiger partial charge is 0.475 e. The number of nitrogens with one attached hydrogen (secondary N) is 1. The van der Waals surface area contributed by atoms with Gasteiger partial charge in [0.1, 0.15) is 0 Å². The highest BCUT2D eigenvalue weighted by atomic mass is 16.5. The van der Waals surface area contributed by atoms with Crippen LogP contribution in [0.1, 0.15) is 50.1 Å². The molecule has 0 spiro atoms. The number of carboxylic acids is 1. The van der Waals surface area contributed by atoms with Gasteiger partial charge in [-0.15, -0.1) is 0 Å². The van der Waals surface area contributed by atoms with Crippen LogP contribution in [-0.4, -0.2) is 29.3 Å². The maximum absolute atomic E-state index is 10.8. The summed E-state index contributed by atoms with van der Waals surface area (Å²) in [7, 11) is 0. The van der Waals surface area contributed by atoms with Crippen molar-refractivity contribution in [3.05, 3.63) is 17.9 Å². The predicted molar refractivity (Wildman–Crippen MR) is 71.6 cm³/mol. The Morgan fingerprint density at radius 2 is 2.21 bits per heavy atom. The summed E-state index contributed by atoms with van der Waals surface area (Å²) in [6.45, 7) is 5.01.